The molecule has 0 saturated heterocycles. The molecular weight excluding hydrogens is 316 g/mol. The summed E-state index contributed by atoms with van der Waals surface area (Å²) in [5.74, 6) is 1.28. The normalized spacial score (nSPS) is 16.2. The van der Waals surface area contributed by atoms with Gasteiger partial charge >= 0.3 is 6.03 Å². The molecule has 1 heterocycles. The van der Waals surface area contributed by atoms with E-state index in [9.17, 15) is 4.79 Å². The van der Waals surface area contributed by atoms with Crippen LogP contribution in [0.5, 0.6) is 5.75 Å². The summed E-state index contributed by atoms with van der Waals surface area (Å²) < 4.78 is 7.14. The molecule has 1 aromatic heterocycles. The molecule has 0 bridgehead atoms. The van der Waals surface area contributed by atoms with Gasteiger partial charge in [0.05, 0.1) is 7.11 Å². The van der Waals surface area contributed by atoms with Gasteiger partial charge in [-0.3, -0.25) is 4.68 Å². The van der Waals surface area contributed by atoms with Crippen LogP contribution in [-0.4, -0.2) is 36.0 Å². The highest BCUT2D eigenvalue weighted by molar-refractivity contribution is 5.73. The van der Waals surface area contributed by atoms with Crippen molar-refractivity contribution < 1.29 is 9.53 Å². The second-order valence-electron chi connectivity index (χ2n) is 6.49. The molecule has 0 unspecified atom stereocenters. The van der Waals surface area contributed by atoms with Crippen LogP contribution in [0, 0.1) is 0 Å². The van der Waals surface area contributed by atoms with Crippen molar-refractivity contribution in [2.45, 2.75) is 31.6 Å². The molecule has 1 aliphatic rings. The summed E-state index contributed by atoms with van der Waals surface area (Å²) in [5, 5.41) is 10.1. The Morgan fingerprint density at radius 1 is 1.36 bits per heavy atom. The number of nitrogens with zero attached hydrogens (tertiary/aromatic N) is 2. The molecule has 3 rings (SSSR count). The number of hydrogen-bond acceptors (Lipinski definition) is 3. The summed E-state index contributed by atoms with van der Waals surface area (Å²) in [7, 11) is 3.60. The van der Waals surface area contributed by atoms with E-state index in [-0.39, 0.29) is 6.03 Å². The number of ether oxygens (including phenoxy) is 1. The van der Waals surface area contributed by atoms with Gasteiger partial charge in [-0.15, -0.1) is 0 Å². The molecule has 2 amide bonds. The van der Waals surface area contributed by atoms with E-state index in [0.29, 0.717) is 19.0 Å². The third-order valence-electron chi connectivity index (χ3n) is 4.89. The first kappa shape index (κ1) is 17.3. The molecular formula is C19H26N4O2. The molecule has 1 atom stereocenters. The molecule has 1 aliphatic carbocycles. The predicted octanol–water partition coefficient (Wildman–Crippen LogP) is 2.39. The SMILES string of the molecule is COc1ccc2c(c1)CCC[C@H]2CNC(=O)NCCc1ccnn1C. The van der Waals surface area contributed by atoms with Crippen LogP contribution in [0.2, 0.25) is 0 Å². The van der Waals surface area contributed by atoms with E-state index in [0.717, 1.165) is 37.1 Å². The van der Waals surface area contributed by atoms with Crippen molar-refractivity contribution in [1.29, 1.82) is 0 Å². The maximum absolute atomic E-state index is 12.0. The molecule has 0 radical (unpaired) electrons. The topological polar surface area (TPSA) is 68.2 Å². The Balaban J connectivity index is 1.47. The lowest BCUT2D eigenvalue weighted by Gasteiger charge is -2.26. The van der Waals surface area contributed by atoms with Gasteiger partial charge in [-0.1, -0.05) is 6.07 Å². The van der Waals surface area contributed by atoms with E-state index in [4.69, 9.17) is 4.74 Å². The minimum atomic E-state index is -0.109. The molecule has 6 heteroatoms. The molecule has 6 nitrogen and oxygen atoms in total. The van der Waals surface area contributed by atoms with Crippen LogP contribution in [0.25, 0.3) is 0 Å². The zero-order chi connectivity index (χ0) is 17.6. The third-order valence-corrected chi connectivity index (χ3v) is 4.89. The van der Waals surface area contributed by atoms with Crippen molar-refractivity contribution >= 4 is 6.03 Å². The fourth-order valence-electron chi connectivity index (χ4n) is 3.46. The zero-order valence-corrected chi connectivity index (χ0v) is 14.9. The predicted molar refractivity (Wildman–Crippen MR) is 97.0 cm³/mol. The number of benzene rings is 1. The van der Waals surface area contributed by atoms with E-state index < -0.39 is 0 Å². The van der Waals surface area contributed by atoms with Gasteiger partial charge in [-0.25, -0.2) is 4.79 Å². The lowest BCUT2D eigenvalue weighted by atomic mass is 9.82. The van der Waals surface area contributed by atoms with Crippen LogP contribution in [0.4, 0.5) is 4.79 Å². The average molecular weight is 342 g/mol. The Kier molecular flexibility index (Phi) is 5.58. The number of methoxy groups -OCH3 is 1. The Morgan fingerprint density at radius 3 is 3.00 bits per heavy atom. The van der Waals surface area contributed by atoms with Gasteiger partial charge in [0, 0.05) is 44.4 Å². The highest BCUT2D eigenvalue weighted by atomic mass is 16.5. The fraction of sp³-hybridized carbons (Fsp3) is 0.474. The number of rotatable bonds is 6. The molecule has 0 spiro atoms. The first-order valence-corrected chi connectivity index (χ1v) is 8.82. The third kappa shape index (κ3) is 4.32. The number of carbonyl (C=O) groups excluding carboxylic acids is 1. The molecule has 2 N–H and O–H groups in total. The van der Waals surface area contributed by atoms with Crippen molar-refractivity contribution in [2.75, 3.05) is 20.2 Å². The van der Waals surface area contributed by atoms with Gasteiger partial charge in [0.2, 0.25) is 0 Å². The van der Waals surface area contributed by atoms with Crippen LogP contribution >= 0.6 is 0 Å². The van der Waals surface area contributed by atoms with E-state index in [1.165, 1.54) is 11.1 Å². The van der Waals surface area contributed by atoms with Crippen molar-refractivity contribution in [2.24, 2.45) is 7.05 Å². The van der Waals surface area contributed by atoms with Gasteiger partial charge in [-0.05, 0) is 48.6 Å². The summed E-state index contributed by atoms with van der Waals surface area (Å²) in [6.07, 6.45) is 5.88. The average Bonchev–Trinajstić information content (AvgIpc) is 3.04. The number of nitrogens with one attached hydrogen (secondary N) is 2. The van der Waals surface area contributed by atoms with E-state index in [1.807, 2.05) is 23.9 Å². The van der Waals surface area contributed by atoms with Crippen LogP contribution < -0.4 is 15.4 Å². The van der Waals surface area contributed by atoms with Gasteiger partial charge < -0.3 is 15.4 Å². The first-order valence-electron chi connectivity index (χ1n) is 8.82. The summed E-state index contributed by atoms with van der Waals surface area (Å²) in [6, 6.07) is 8.12. The first-order chi connectivity index (χ1) is 12.2. The fourth-order valence-corrected chi connectivity index (χ4v) is 3.46. The lowest BCUT2D eigenvalue weighted by Crippen LogP contribution is -2.39. The van der Waals surface area contributed by atoms with Crippen LogP contribution in [-0.2, 0) is 19.9 Å². The summed E-state index contributed by atoms with van der Waals surface area (Å²) in [4.78, 5) is 12.0. The monoisotopic (exact) mass is 342 g/mol. The number of hydrogen-bond donors (Lipinski definition) is 2. The zero-order valence-electron chi connectivity index (χ0n) is 14.9. The van der Waals surface area contributed by atoms with Crippen LogP contribution in [0.1, 0.15) is 35.6 Å². The maximum atomic E-state index is 12.0. The standard InChI is InChI=1S/C19H26N4O2/c1-23-16(9-11-22-23)8-10-20-19(24)21-13-15-5-3-4-14-12-17(25-2)6-7-18(14)15/h6-7,9,11-12,15H,3-5,8,10,13H2,1-2H3,(H2,20,21,24)/t15-/m0/s1. The lowest BCUT2D eigenvalue weighted by molar-refractivity contribution is 0.240. The molecule has 0 saturated carbocycles. The van der Waals surface area contributed by atoms with Crippen LogP contribution in [0.3, 0.4) is 0 Å². The Morgan fingerprint density at radius 2 is 2.24 bits per heavy atom. The van der Waals surface area contributed by atoms with Crippen molar-refractivity contribution in [3.63, 3.8) is 0 Å². The Labute approximate surface area is 148 Å². The van der Waals surface area contributed by atoms with Gasteiger partial charge in [-0.2, -0.15) is 5.10 Å². The molecule has 0 fully saturated rings. The van der Waals surface area contributed by atoms with E-state index >= 15 is 0 Å². The number of aryl methyl sites for hydroxylation is 2. The molecule has 134 valence electrons. The number of amides is 2. The number of urea groups is 1. The smallest absolute Gasteiger partial charge is 0.314 e. The second-order valence-corrected chi connectivity index (χ2v) is 6.49. The van der Waals surface area contributed by atoms with Gasteiger partial charge in [0.15, 0.2) is 0 Å². The highest BCUT2D eigenvalue weighted by Crippen LogP contribution is 2.33. The number of fused-ring (bicyclic) bond motifs is 1. The Hall–Kier alpha value is -2.50. The van der Waals surface area contributed by atoms with Gasteiger partial charge in [0.1, 0.15) is 5.75 Å². The maximum Gasteiger partial charge on any atom is 0.314 e. The number of carbonyl (C=O) groups is 1. The van der Waals surface area contributed by atoms with Crippen LogP contribution in [0.15, 0.2) is 30.5 Å². The molecule has 2 aromatic rings. The van der Waals surface area contributed by atoms with Gasteiger partial charge in [0.25, 0.3) is 0 Å². The van der Waals surface area contributed by atoms with E-state index in [2.05, 4.69) is 27.9 Å². The summed E-state index contributed by atoms with van der Waals surface area (Å²) >= 11 is 0. The Bertz CT molecular complexity index is 726. The quantitative estimate of drug-likeness (QED) is 0.847. The molecule has 25 heavy (non-hydrogen) atoms. The number of aromatic nitrogens is 2. The molecule has 1 aromatic carbocycles. The summed E-state index contributed by atoms with van der Waals surface area (Å²) in [6.45, 7) is 1.26. The second kappa shape index (κ2) is 8.05. The summed E-state index contributed by atoms with van der Waals surface area (Å²) in [5.41, 5.74) is 3.78. The van der Waals surface area contributed by atoms with E-state index in [1.54, 1.807) is 13.3 Å². The largest absolute Gasteiger partial charge is 0.497 e. The molecule has 0 aliphatic heterocycles. The highest BCUT2D eigenvalue weighted by Gasteiger charge is 2.21. The minimum absolute atomic E-state index is 0.109. The van der Waals surface area contributed by atoms with Crippen molar-refractivity contribution in [1.82, 2.24) is 20.4 Å². The van der Waals surface area contributed by atoms with Crippen molar-refractivity contribution in [3.8, 4) is 5.75 Å². The van der Waals surface area contributed by atoms with Crippen molar-refractivity contribution in [3.05, 3.63) is 47.3 Å². The minimum Gasteiger partial charge on any atom is -0.497 e.